The highest BCUT2D eigenvalue weighted by atomic mass is 79.9. The van der Waals surface area contributed by atoms with Gasteiger partial charge in [0.2, 0.25) is 0 Å². The van der Waals surface area contributed by atoms with Gasteiger partial charge in [-0.25, -0.2) is 0 Å². The predicted molar refractivity (Wildman–Crippen MR) is 48.7 cm³/mol. The van der Waals surface area contributed by atoms with E-state index < -0.39 is 0 Å². The smallest absolute Gasteiger partial charge is 0.0667 e. The molecule has 0 spiro atoms. The molecule has 2 aliphatic rings. The average Bonchev–Trinajstić information content (AvgIpc) is 2.62. The van der Waals surface area contributed by atoms with Crippen LogP contribution in [0.3, 0.4) is 0 Å². The zero-order valence-electron chi connectivity index (χ0n) is 6.67. The molecule has 1 N–H and O–H groups in total. The zero-order chi connectivity index (χ0) is 7.84. The van der Waals surface area contributed by atoms with E-state index in [0.29, 0.717) is 5.92 Å². The molecule has 2 bridgehead atoms. The van der Waals surface area contributed by atoms with Gasteiger partial charge in [0.1, 0.15) is 0 Å². The van der Waals surface area contributed by atoms with Crippen molar-refractivity contribution in [3.8, 4) is 0 Å². The van der Waals surface area contributed by atoms with Crippen molar-refractivity contribution in [3.05, 3.63) is 0 Å². The van der Waals surface area contributed by atoms with Crippen molar-refractivity contribution in [2.24, 2.45) is 17.8 Å². The summed E-state index contributed by atoms with van der Waals surface area (Å²) in [6, 6.07) is 0. The molecule has 0 saturated heterocycles. The maximum atomic E-state index is 9.63. The molecule has 2 rings (SSSR count). The second kappa shape index (κ2) is 3.06. The van der Waals surface area contributed by atoms with Crippen LogP contribution in [0.5, 0.6) is 0 Å². The van der Waals surface area contributed by atoms with Crippen LogP contribution in [-0.2, 0) is 0 Å². The monoisotopic (exact) mass is 218 g/mol. The summed E-state index contributed by atoms with van der Waals surface area (Å²) in [5.74, 6) is 2.43. The number of alkyl halides is 1. The van der Waals surface area contributed by atoms with Gasteiger partial charge in [-0.3, -0.25) is 0 Å². The molecule has 2 aliphatic carbocycles. The van der Waals surface area contributed by atoms with Gasteiger partial charge in [-0.15, -0.1) is 0 Å². The number of aliphatic hydroxyl groups is 1. The maximum absolute atomic E-state index is 9.63. The molecular weight excluding hydrogens is 204 g/mol. The van der Waals surface area contributed by atoms with Crippen LogP contribution in [0.15, 0.2) is 0 Å². The maximum Gasteiger partial charge on any atom is 0.0667 e. The minimum atomic E-state index is -0.0784. The van der Waals surface area contributed by atoms with Crippen molar-refractivity contribution in [2.75, 3.05) is 5.33 Å². The Bertz CT molecular complexity index is 148. The summed E-state index contributed by atoms with van der Waals surface area (Å²) in [5.41, 5.74) is 0. The van der Waals surface area contributed by atoms with Gasteiger partial charge in [0.25, 0.3) is 0 Å². The molecule has 0 amide bonds. The van der Waals surface area contributed by atoms with E-state index >= 15 is 0 Å². The van der Waals surface area contributed by atoms with Crippen molar-refractivity contribution >= 4 is 15.9 Å². The summed E-state index contributed by atoms with van der Waals surface area (Å²) >= 11 is 3.35. The van der Waals surface area contributed by atoms with Crippen molar-refractivity contribution < 1.29 is 5.11 Å². The van der Waals surface area contributed by atoms with Gasteiger partial charge in [0.05, 0.1) is 6.10 Å². The summed E-state index contributed by atoms with van der Waals surface area (Å²) in [5, 5.41) is 10.4. The highest BCUT2D eigenvalue weighted by Crippen LogP contribution is 2.49. The van der Waals surface area contributed by atoms with Gasteiger partial charge in [0, 0.05) is 5.33 Å². The number of aliphatic hydroxyl groups excluding tert-OH is 1. The Morgan fingerprint density at radius 3 is 2.64 bits per heavy atom. The average molecular weight is 219 g/mol. The molecule has 0 aromatic carbocycles. The lowest BCUT2D eigenvalue weighted by Crippen LogP contribution is -2.26. The molecule has 2 fully saturated rings. The lowest BCUT2D eigenvalue weighted by Gasteiger charge is -2.25. The zero-order valence-corrected chi connectivity index (χ0v) is 8.26. The molecule has 2 heteroatoms. The topological polar surface area (TPSA) is 20.2 Å². The van der Waals surface area contributed by atoms with Crippen LogP contribution in [0.1, 0.15) is 25.7 Å². The van der Waals surface area contributed by atoms with E-state index in [1.54, 1.807) is 0 Å². The van der Waals surface area contributed by atoms with Crippen LogP contribution < -0.4 is 0 Å². The number of fused-ring (bicyclic) bond motifs is 2. The SMILES string of the molecule is OC(CBr)C1CC2CCC1C2. The second-order valence-corrected chi connectivity index (χ2v) is 4.71. The van der Waals surface area contributed by atoms with Gasteiger partial charge >= 0.3 is 0 Å². The lowest BCUT2D eigenvalue weighted by molar-refractivity contribution is 0.0954. The molecule has 11 heavy (non-hydrogen) atoms. The molecule has 0 aromatic heterocycles. The molecule has 0 aromatic rings. The predicted octanol–water partition coefficient (Wildman–Crippen LogP) is 2.18. The van der Waals surface area contributed by atoms with Crippen LogP contribution in [0, 0.1) is 17.8 Å². The highest BCUT2D eigenvalue weighted by Gasteiger charge is 2.42. The Labute approximate surface area is 76.3 Å². The minimum Gasteiger partial charge on any atom is -0.392 e. The molecule has 2 saturated carbocycles. The summed E-state index contributed by atoms with van der Waals surface area (Å²) in [7, 11) is 0. The Morgan fingerprint density at radius 2 is 2.18 bits per heavy atom. The first-order chi connectivity index (χ1) is 5.31. The standard InChI is InChI=1S/C9H15BrO/c10-5-9(11)8-4-6-1-2-7(8)3-6/h6-9,11H,1-5H2. The molecule has 1 nitrogen and oxygen atoms in total. The number of hydrogen-bond donors (Lipinski definition) is 1. The Balaban J connectivity index is 1.96. The van der Waals surface area contributed by atoms with E-state index in [9.17, 15) is 5.11 Å². The van der Waals surface area contributed by atoms with Gasteiger partial charge in [0.15, 0.2) is 0 Å². The van der Waals surface area contributed by atoms with E-state index in [2.05, 4.69) is 15.9 Å². The quantitative estimate of drug-likeness (QED) is 0.705. The Morgan fingerprint density at radius 1 is 1.36 bits per heavy atom. The van der Waals surface area contributed by atoms with Crippen LogP contribution in [-0.4, -0.2) is 16.5 Å². The fourth-order valence-electron chi connectivity index (χ4n) is 2.88. The third-order valence-corrected chi connectivity index (χ3v) is 4.11. The van der Waals surface area contributed by atoms with Gasteiger partial charge in [-0.2, -0.15) is 0 Å². The van der Waals surface area contributed by atoms with Gasteiger partial charge < -0.3 is 5.11 Å². The second-order valence-electron chi connectivity index (χ2n) is 4.06. The molecule has 4 atom stereocenters. The van der Waals surface area contributed by atoms with Crippen molar-refractivity contribution in [1.29, 1.82) is 0 Å². The third kappa shape index (κ3) is 1.35. The molecule has 0 heterocycles. The molecule has 4 unspecified atom stereocenters. The van der Waals surface area contributed by atoms with Crippen LogP contribution in [0.25, 0.3) is 0 Å². The minimum absolute atomic E-state index is 0.0784. The fourth-order valence-corrected chi connectivity index (χ4v) is 3.36. The number of halogens is 1. The lowest BCUT2D eigenvalue weighted by atomic mass is 9.85. The summed E-state index contributed by atoms with van der Waals surface area (Å²) in [6.07, 6.45) is 5.41. The first-order valence-electron chi connectivity index (χ1n) is 4.55. The highest BCUT2D eigenvalue weighted by molar-refractivity contribution is 9.09. The molecule has 0 aliphatic heterocycles. The molecular formula is C9H15BrO. The van der Waals surface area contributed by atoms with Gasteiger partial charge in [-0.1, -0.05) is 22.4 Å². The van der Waals surface area contributed by atoms with Gasteiger partial charge in [-0.05, 0) is 37.0 Å². The fraction of sp³-hybridized carbons (Fsp3) is 1.00. The first kappa shape index (κ1) is 8.06. The van der Waals surface area contributed by atoms with Crippen molar-refractivity contribution in [3.63, 3.8) is 0 Å². The Kier molecular flexibility index (Phi) is 2.24. The van der Waals surface area contributed by atoms with Crippen LogP contribution in [0.4, 0.5) is 0 Å². The van der Waals surface area contributed by atoms with E-state index in [-0.39, 0.29) is 6.10 Å². The third-order valence-electron chi connectivity index (χ3n) is 3.45. The van der Waals surface area contributed by atoms with Crippen molar-refractivity contribution in [2.45, 2.75) is 31.8 Å². The molecule has 0 radical (unpaired) electrons. The first-order valence-corrected chi connectivity index (χ1v) is 5.67. The van der Waals surface area contributed by atoms with Crippen LogP contribution >= 0.6 is 15.9 Å². The summed E-state index contributed by atoms with van der Waals surface area (Å²) in [4.78, 5) is 0. The number of hydrogen-bond acceptors (Lipinski definition) is 1. The Hall–Kier alpha value is 0.440. The van der Waals surface area contributed by atoms with E-state index in [1.165, 1.54) is 25.7 Å². The summed E-state index contributed by atoms with van der Waals surface area (Å²) < 4.78 is 0. The van der Waals surface area contributed by atoms with Crippen molar-refractivity contribution in [1.82, 2.24) is 0 Å². The number of rotatable bonds is 2. The summed E-state index contributed by atoms with van der Waals surface area (Å²) in [6.45, 7) is 0. The van der Waals surface area contributed by atoms with E-state index in [1.807, 2.05) is 0 Å². The van der Waals surface area contributed by atoms with E-state index in [4.69, 9.17) is 0 Å². The normalized spacial score (nSPS) is 44.7. The van der Waals surface area contributed by atoms with Crippen LogP contribution in [0.2, 0.25) is 0 Å². The molecule has 64 valence electrons. The van der Waals surface area contributed by atoms with E-state index in [0.717, 1.165) is 17.2 Å². The largest absolute Gasteiger partial charge is 0.392 e.